The van der Waals surface area contributed by atoms with Crippen molar-refractivity contribution in [3.63, 3.8) is 0 Å². The molecule has 13 nitrogen and oxygen atoms in total. The van der Waals surface area contributed by atoms with Crippen LogP contribution in [-0.4, -0.2) is 77.6 Å². The van der Waals surface area contributed by atoms with Crippen molar-refractivity contribution in [1.29, 1.82) is 0 Å². The summed E-state index contributed by atoms with van der Waals surface area (Å²) in [5.41, 5.74) is 11.2. The van der Waals surface area contributed by atoms with E-state index in [4.69, 9.17) is 16.2 Å². The summed E-state index contributed by atoms with van der Waals surface area (Å²) in [5, 5.41) is 31.8. The van der Waals surface area contributed by atoms with Gasteiger partial charge in [-0.05, 0) is 6.42 Å². The van der Waals surface area contributed by atoms with Crippen LogP contribution in [0.2, 0.25) is 0 Å². The molecule has 0 unspecified atom stereocenters. The van der Waals surface area contributed by atoms with Crippen molar-refractivity contribution >= 4 is 28.8 Å². The molecule has 1 saturated heterocycles. The Balaban J connectivity index is 1.82. The molecule has 0 saturated carbocycles. The molecule has 1 aliphatic heterocycles. The number of imidazole rings is 1. The summed E-state index contributed by atoms with van der Waals surface area (Å²) in [4.78, 5) is 35.2. The van der Waals surface area contributed by atoms with E-state index in [2.05, 4.69) is 20.3 Å². The molecule has 3 rings (SSSR count). The van der Waals surface area contributed by atoms with Crippen LogP contribution in [0.25, 0.3) is 11.2 Å². The summed E-state index contributed by atoms with van der Waals surface area (Å²) in [5.74, 6) is -1.07. The SMILES string of the molecule is NC(=O)CC[C@H](N)C(=O)Nc1ncnc2c1ncn2[C@@H]1O[C@H](CO)[C@@H](O)[C@H]1O. The van der Waals surface area contributed by atoms with Crippen molar-refractivity contribution in [3.8, 4) is 0 Å². The van der Waals surface area contributed by atoms with Gasteiger partial charge in [-0.1, -0.05) is 0 Å². The molecule has 0 aliphatic carbocycles. The lowest BCUT2D eigenvalue weighted by Crippen LogP contribution is -2.36. The number of amides is 2. The highest BCUT2D eigenvalue weighted by Gasteiger charge is 2.44. The normalized spacial score (nSPS) is 25.7. The van der Waals surface area contributed by atoms with Crippen LogP contribution in [-0.2, 0) is 14.3 Å². The van der Waals surface area contributed by atoms with Gasteiger partial charge in [0, 0.05) is 6.42 Å². The number of fused-ring (bicyclic) bond motifs is 1. The van der Waals surface area contributed by atoms with Gasteiger partial charge < -0.3 is 36.8 Å². The largest absolute Gasteiger partial charge is 0.394 e. The third-order valence-electron chi connectivity index (χ3n) is 4.43. The number of rotatable bonds is 7. The Morgan fingerprint density at radius 2 is 2.04 bits per heavy atom. The molecule has 0 aromatic carbocycles. The van der Waals surface area contributed by atoms with Crippen LogP contribution in [0.5, 0.6) is 0 Å². The first-order valence-electron chi connectivity index (χ1n) is 8.48. The van der Waals surface area contributed by atoms with E-state index in [0.29, 0.717) is 0 Å². The summed E-state index contributed by atoms with van der Waals surface area (Å²) in [6.07, 6.45) is -2.06. The Morgan fingerprint density at radius 1 is 1.29 bits per heavy atom. The average Bonchev–Trinajstić information content (AvgIpc) is 3.22. The number of nitrogens with one attached hydrogen (secondary N) is 1. The van der Waals surface area contributed by atoms with Crippen LogP contribution in [0.15, 0.2) is 12.7 Å². The van der Waals surface area contributed by atoms with Crippen LogP contribution < -0.4 is 16.8 Å². The number of carbonyl (C=O) groups excluding carboxylic acids is 2. The highest BCUT2D eigenvalue weighted by atomic mass is 16.6. The van der Waals surface area contributed by atoms with Gasteiger partial charge in [0.05, 0.1) is 19.0 Å². The van der Waals surface area contributed by atoms with E-state index in [1.807, 2.05) is 0 Å². The Morgan fingerprint density at radius 3 is 2.68 bits per heavy atom. The highest BCUT2D eigenvalue weighted by molar-refractivity contribution is 5.99. The van der Waals surface area contributed by atoms with Crippen molar-refractivity contribution < 1.29 is 29.6 Å². The first kappa shape index (κ1) is 20.0. The summed E-state index contributed by atoms with van der Waals surface area (Å²) >= 11 is 0. The molecule has 2 aromatic heterocycles. The minimum absolute atomic E-state index is 0.0341. The third kappa shape index (κ3) is 3.79. The zero-order chi connectivity index (χ0) is 20.4. The maximum atomic E-state index is 12.2. The van der Waals surface area contributed by atoms with Gasteiger partial charge in [-0.25, -0.2) is 15.0 Å². The lowest BCUT2D eigenvalue weighted by atomic mass is 10.1. The third-order valence-corrected chi connectivity index (χ3v) is 4.43. The predicted octanol–water partition coefficient (Wildman–Crippen LogP) is -3.03. The number of anilines is 1. The molecular weight excluding hydrogens is 374 g/mol. The predicted molar refractivity (Wildman–Crippen MR) is 93.4 cm³/mol. The zero-order valence-electron chi connectivity index (χ0n) is 14.7. The maximum Gasteiger partial charge on any atom is 0.242 e. The van der Waals surface area contributed by atoms with Gasteiger partial charge in [0.1, 0.15) is 24.6 Å². The molecule has 152 valence electrons. The number of nitrogens with two attached hydrogens (primary N) is 2. The number of nitrogens with zero attached hydrogens (tertiary/aromatic N) is 4. The summed E-state index contributed by atoms with van der Waals surface area (Å²) in [6.45, 7) is -0.471. The van der Waals surface area contributed by atoms with Crippen LogP contribution in [0.4, 0.5) is 5.82 Å². The van der Waals surface area contributed by atoms with Gasteiger partial charge in [-0.15, -0.1) is 0 Å². The number of ether oxygens (including phenoxy) is 1. The molecule has 0 spiro atoms. The second-order valence-corrected chi connectivity index (χ2v) is 6.38. The quantitative estimate of drug-likeness (QED) is 0.279. The maximum absolute atomic E-state index is 12.2. The number of aromatic nitrogens is 4. The molecule has 1 aliphatic rings. The van der Waals surface area contributed by atoms with E-state index < -0.39 is 49.0 Å². The van der Waals surface area contributed by atoms with E-state index in [-0.39, 0.29) is 29.8 Å². The van der Waals surface area contributed by atoms with Crippen molar-refractivity contribution in [2.45, 2.75) is 43.4 Å². The van der Waals surface area contributed by atoms with E-state index in [9.17, 15) is 24.9 Å². The summed E-state index contributed by atoms with van der Waals surface area (Å²) in [7, 11) is 0. The summed E-state index contributed by atoms with van der Waals surface area (Å²) in [6, 6.07) is -0.972. The molecule has 2 aromatic rings. The monoisotopic (exact) mass is 395 g/mol. The van der Waals surface area contributed by atoms with Crippen molar-refractivity contribution in [3.05, 3.63) is 12.7 Å². The van der Waals surface area contributed by atoms with Crippen LogP contribution in [0.1, 0.15) is 19.1 Å². The fourth-order valence-corrected chi connectivity index (χ4v) is 2.88. The number of aliphatic hydroxyl groups excluding tert-OH is 3. The molecule has 0 bridgehead atoms. The van der Waals surface area contributed by atoms with Gasteiger partial charge in [0.25, 0.3) is 0 Å². The second-order valence-electron chi connectivity index (χ2n) is 6.38. The van der Waals surface area contributed by atoms with E-state index in [1.54, 1.807) is 0 Å². The number of carbonyl (C=O) groups is 2. The number of primary amides is 1. The molecular formula is C15H21N7O6. The zero-order valence-corrected chi connectivity index (χ0v) is 14.7. The highest BCUT2D eigenvalue weighted by Crippen LogP contribution is 2.32. The van der Waals surface area contributed by atoms with Crippen LogP contribution in [0.3, 0.4) is 0 Å². The lowest BCUT2D eigenvalue weighted by Gasteiger charge is -2.16. The Bertz CT molecular complexity index is 874. The Hall–Kier alpha value is -2.71. The first-order chi connectivity index (χ1) is 13.3. The minimum Gasteiger partial charge on any atom is -0.394 e. The molecule has 3 heterocycles. The number of aliphatic hydroxyl groups is 3. The Kier molecular flexibility index (Phi) is 5.81. The summed E-state index contributed by atoms with van der Waals surface area (Å²) < 4.78 is 6.83. The molecule has 8 N–H and O–H groups in total. The van der Waals surface area contributed by atoms with E-state index >= 15 is 0 Å². The smallest absolute Gasteiger partial charge is 0.242 e. The van der Waals surface area contributed by atoms with Gasteiger partial charge >= 0.3 is 0 Å². The van der Waals surface area contributed by atoms with Gasteiger partial charge in [0.2, 0.25) is 11.8 Å². The first-order valence-corrected chi connectivity index (χ1v) is 8.48. The molecule has 0 radical (unpaired) electrons. The topological polar surface area (TPSA) is 212 Å². The van der Waals surface area contributed by atoms with E-state index in [0.717, 1.165) is 0 Å². The van der Waals surface area contributed by atoms with Crippen LogP contribution in [0, 0.1) is 0 Å². The molecule has 13 heteroatoms. The van der Waals surface area contributed by atoms with Crippen molar-refractivity contribution in [2.24, 2.45) is 11.5 Å². The van der Waals surface area contributed by atoms with Crippen LogP contribution >= 0.6 is 0 Å². The Labute approximate surface area is 158 Å². The van der Waals surface area contributed by atoms with Crippen molar-refractivity contribution in [2.75, 3.05) is 11.9 Å². The van der Waals surface area contributed by atoms with Gasteiger partial charge in [0.15, 0.2) is 23.2 Å². The number of hydrogen-bond acceptors (Lipinski definition) is 10. The molecule has 28 heavy (non-hydrogen) atoms. The molecule has 5 atom stereocenters. The minimum atomic E-state index is -1.32. The molecule has 1 fully saturated rings. The molecule has 2 amide bonds. The second kappa shape index (κ2) is 8.12. The number of hydrogen-bond donors (Lipinski definition) is 6. The van der Waals surface area contributed by atoms with Gasteiger partial charge in [-0.3, -0.25) is 14.2 Å². The van der Waals surface area contributed by atoms with Gasteiger partial charge in [-0.2, -0.15) is 0 Å². The fraction of sp³-hybridized carbons (Fsp3) is 0.533. The van der Waals surface area contributed by atoms with Crippen molar-refractivity contribution in [1.82, 2.24) is 19.5 Å². The fourth-order valence-electron chi connectivity index (χ4n) is 2.88. The lowest BCUT2D eigenvalue weighted by molar-refractivity contribution is -0.119. The van der Waals surface area contributed by atoms with E-state index in [1.165, 1.54) is 17.2 Å². The standard InChI is InChI=1S/C15H21N7O6/c16-6(1-2-8(17)24)14(27)21-12-9-13(19-4-18-12)22(5-20-9)15-11(26)10(25)7(3-23)28-15/h4-7,10-11,15,23,25-26H,1-3,16H2,(H2,17,24)(H,18,19,21,27)/t6-,7+,10+,11+,15+/m0/s1. The average molecular weight is 395 g/mol.